The van der Waals surface area contributed by atoms with E-state index in [1.165, 1.54) is 0 Å². The van der Waals surface area contributed by atoms with Gasteiger partial charge in [-0.2, -0.15) is 0 Å². The minimum Gasteiger partial charge on any atom is -0.325 e. The first-order valence-electron chi connectivity index (χ1n) is 10.7. The van der Waals surface area contributed by atoms with Crippen molar-refractivity contribution in [3.8, 4) is 11.8 Å². The Kier molecular flexibility index (Phi) is 6.03. The molecule has 4 rings (SSSR count). The largest absolute Gasteiger partial charge is 0.325 e. The second-order valence-corrected chi connectivity index (χ2v) is 10.4. The predicted octanol–water partition coefficient (Wildman–Crippen LogP) is 2.34. The fourth-order valence-corrected chi connectivity index (χ4v) is 4.85. The van der Waals surface area contributed by atoms with Crippen LogP contribution in [0.5, 0.6) is 0 Å². The van der Waals surface area contributed by atoms with E-state index in [4.69, 9.17) is 0 Å². The van der Waals surface area contributed by atoms with Crippen molar-refractivity contribution >= 4 is 16.1 Å². The fourth-order valence-electron chi connectivity index (χ4n) is 3.95. The van der Waals surface area contributed by atoms with Crippen LogP contribution in [0.2, 0.25) is 0 Å². The molecule has 1 aromatic carbocycles. The number of hydrogen-bond donors (Lipinski definition) is 1. The number of hydrogen-bond acceptors (Lipinski definition) is 3. The van der Waals surface area contributed by atoms with Gasteiger partial charge in [0.05, 0.1) is 17.4 Å². The summed E-state index contributed by atoms with van der Waals surface area (Å²) in [5, 5.41) is 0. The van der Waals surface area contributed by atoms with E-state index in [-0.39, 0.29) is 24.0 Å². The summed E-state index contributed by atoms with van der Waals surface area (Å²) in [5.41, 5.74) is 0.829. The molecule has 6 nitrogen and oxygen atoms in total. The summed E-state index contributed by atoms with van der Waals surface area (Å²) < 4.78 is 42.2. The average Bonchev–Trinajstić information content (AvgIpc) is 3.42. The van der Waals surface area contributed by atoms with Gasteiger partial charge in [-0.05, 0) is 50.7 Å². The van der Waals surface area contributed by atoms with Crippen LogP contribution in [0.4, 0.5) is 9.18 Å². The minimum atomic E-state index is -3.44. The predicted molar refractivity (Wildman–Crippen MR) is 113 cm³/mol. The van der Waals surface area contributed by atoms with E-state index in [1.807, 2.05) is 0 Å². The lowest BCUT2D eigenvalue weighted by Crippen LogP contribution is -2.54. The monoisotopic (exact) mass is 433 g/mol. The van der Waals surface area contributed by atoms with Gasteiger partial charge in [-0.3, -0.25) is 0 Å². The Morgan fingerprint density at radius 1 is 1.23 bits per heavy atom. The van der Waals surface area contributed by atoms with Gasteiger partial charge in [0.2, 0.25) is 10.0 Å². The molecule has 1 aliphatic carbocycles. The lowest BCUT2D eigenvalue weighted by molar-refractivity contribution is 0.120. The maximum atomic E-state index is 15.1. The van der Waals surface area contributed by atoms with Crippen LogP contribution in [-0.4, -0.2) is 61.7 Å². The molecule has 2 amide bonds. The number of rotatable bonds is 5. The van der Waals surface area contributed by atoms with Crippen LogP contribution in [0.1, 0.15) is 43.7 Å². The zero-order chi connectivity index (χ0) is 21.3. The third-order valence-corrected chi connectivity index (χ3v) is 7.55. The Morgan fingerprint density at radius 3 is 2.63 bits per heavy atom. The molecule has 30 heavy (non-hydrogen) atoms. The van der Waals surface area contributed by atoms with E-state index in [1.54, 1.807) is 34.9 Å². The molecule has 8 heteroatoms. The number of urea groups is 1. The van der Waals surface area contributed by atoms with Crippen LogP contribution >= 0.6 is 0 Å². The maximum Gasteiger partial charge on any atom is 0.320 e. The number of likely N-dealkylation sites (tertiary alicyclic amines) is 2. The Hall–Kier alpha value is -2.11. The van der Waals surface area contributed by atoms with Crippen molar-refractivity contribution in [3.05, 3.63) is 35.1 Å². The van der Waals surface area contributed by atoms with Crippen LogP contribution in [0.25, 0.3) is 0 Å². The molecule has 0 bridgehead atoms. The van der Waals surface area contributed by atoms with E-state index < -0.39 is 22.1 Å². The van der Waals surface area contributed by atoms with Crippen LogP contribution < -0.4 is 4.72 Å². The van der Waals surface area contributed by atoms with Crippen molar-refractivity contribution in [2.24, 2.45) is 5.92 Å². The third kappa shape index (κ3) is 4.62. The van der Waals surface area contributed by atoms with Gasteiger partial charge in [-0.25, -0.2) is 22.3 Å². The molecular weight excluding hydrogens is 405 g/mol. The van der Waals surface area contributed by atoms with Crippen molar-refractivity contribution in [1.29, 1.82) is 0 Å². The molecule has 3 fully saturated rings. The zero-order valence-corrected chi connectivity index (χ0v) is 18.0. The van der Waals surface area contributed by atoms with Crippen LogP contribution in [0.15, 0.2) is 18.2 Å². The van der Waals surface area contributed by atoms with E-state index in [0.29, 0.717) is 43.1 Å². The Labute approximate surface area is 177 Å². The van der Waals surface area contributed by atoms with Crippen LogP contribution in [0.3, 0.4) is 0 Å². The van der Waals surface area contributed by atoms with Crippen molar-refractivity contribution in [1.82, 2.24) is 14.5 Å². The van der Waals surface area contributed by atoms with Gasteiger partial charge in [-0.15, -0.1) is 0 Å². The molecule has 2 aliphatic heterocycles. The van der Waals surface area contributed by atoms with Crippen molar-refractivity contribution in [2.45, 2.75) is 51.1 Å². The van der Waals surface area contributed by atoms with Gasteiger partial charge >= 0.3 is 6.03 Å². The van der Waals surface area contributed by atoms with Gasteiger partial charge in [0.15, 0.2) is 0 Å². The molecule has 2 heterocycles. The Balaban J connectivity index is 1.59. The van der Waals surface area contributed by atoms with E-state index in [0.717, 1.165) is 19.3 Å². The maximum absolute atomic E-state index is 15.1. The van der Waals surface area contributed by atoms with Gasteiger partial charge in [0.25, 0.3) is 0 Å². The van der Waals surface area contributed by atoms with Crippen molar-refractivity contribution in [2.75, 3.05) is 25.4 Å². The van der Waals surface area contributed by atoms with Gasteiger partial charge < -0.3 is 9.80 Å². The quantitative estimate of drug-likeness (QED) is 0.725. The third-order valence-electron chi connectivity index (χ3n) is 6.13. The first kappa shape index (κ1) is 21.1. The minimum absolute atomic E-state index is 0.0309. The Morgan fingerprint density at radius 2 is 2.00 bits per heavy atom. The first-order valence-corrected chi connectivity index (χ1v) is 12.4. The van der Waals surface area contributed by atoms with Crippen molar-refractivity contribution in [3.63, 3.8) is 0 Å². The first-order chi connectivity index (χ1) is 14.4. The molecule has 0 aromatic heterocycles. The molecule has 0 radical (unpaired) electrons. The van der Waals surface area contributed by atoms with E-state index in [9.17, 15) is 13.2 Å². The molecule has 1 aromatic rings. The van der Waals surface area contributed by atoms with E-state index in [2.05, 4.69) is 16.6 Å². The SMILES string of the molecule is CCS(=O)(=O)N[C@@H]1CCN(C(=O)N2CCC2)[C@@H]1Cc1cccc(C#CC2CC2)c1F. The number of carbonyl (C=O) groups is 1. The van der Waals surface area contributed by atoms with Gasteiger partial charge in [0, 0.05) is 31.6 Å². The summed E-state index contributed by atoms with van der Waals surface area (Å²) >= 11 is 0. The number of halogens is 1. The summed E-state index contributed by atoms with van der Waals surface area (Å²) in [6.07, 6.45) is 3.90. The van der Waals surface area contributed by atoms with E-state index >= 15 is 4.39 Å². The van der Waals surface area contributed by atoms with Gasteiger partial charge in [0.1, 0.15) is 5.82 Å². The molecule has 0 unspecified atom stereocenters. The number of benzene rings is 1. The summed E-state index contributed by atoms with van der Waals surface area (Å²) in [4.78, 5) is 16.4. The topological polar surface area (TPSA) is 69.7 Å². The summed E-state index contributed by atoms with van der Waals surface area (Å²) in [6.45, 7) is 3.47. The summed E-state index contributed by atoms with van der Waals surface area (Å²) in [7, 11) is -3.44. The van der Waals surface area contributed by atoms with Gasteiger partial charge in [-0.1, -0.05) is 24.0 Å². The number of carbonyl (C=O) groups excluding carboxylic acids is 1. The van der Waals surface area contributed by atoms with Crippen LogP contribution in [-0.2, 0) is 16.4 Å². The molecule has 3 aliphatic rings. The lowest BCUT2D eigenvalue weighted by atomic mass is 9.98. The van der Waals surface area contributed by atoms with Crippen molar-refractivity contribution < 1.29 is 17.6 Å². The second-order valence-electron chi connectivity index (χ2n) is 8.33. The molecule has 2 atom stereocenters. The standard InChI is InChI=1S/C22H28FN3O3S/c1-2-30(28,29)24-19-11-14-26(22(27)25-12-4-13-25)20(19)15-18-6-3-5-17(21(18)23)10-9-16-7-8-16/h3,5-6,16,19-20,24H,2,4,7-8,11-15H2,1H3/t19-,20-/m1/s1. The number of amides is 2. The Bertz CT molecular complexity index is 977. The lowest BCUT2D eigenvalue weighted by Gasteiger charge is -2.38. The molecule has 1 N–H and O–H groups in total. The molecule has 0 spiro atoms. The fraction of sp³-hybridized carbons (Fsp3) is 0.591. The highest BCUT2D eigenvalue weighted by atomic mass is 32.2. The molecular formula is C22H28FN3O3S. The number of sulfonamides is 1. The normalized spacial score (nSPS) is 23.7. The number of nitrogens with one attached hydrogen (secondary N) is 1. The summed E-state index contributed by atoms with van der Waals surface area (Å²) in [6, 6.07) is 4.20. The highest BCUT2D eigenvalue weighted by molar-refractivity contribution is 7.89. The molecule has 162 valence electrons. The zero-order valence-electron chi connectivity index (χ0n) is 17.2. The average molecular weight is 434 g/mol. The smallest absolute Gasteiger partial charge is 0.320 e. The summed E-state index contributed by atoms with van der Waals surface area (Å²) in [5.74, 6) is 6.01. The highest BCUT2D eigenvalue weighted by Gasteiger charge is 2.41. The number of nitrogens with zero attached hydrogens (tertiary/aromatic N) is 2. The highest BCUT2D eigenvalue weighted by Crippen LogP contribution is 2.29. The second kappa shape index (κ2) is 8.56. The molecule has 2 saturated heterocycles. The molecule has 1 saturated carbocycles. The van der Waals surface area contributed by atoms with Crippen LogP contribution in [0, 0.1) is 23.6 Å².